The molecule has 1 aromatic heterocycles. The third-order valence-corrected chi connectivity index (χ3v) is 7.73. The largest absolute Gasteiger partial charge is 0.495 e. The summed E-state index contributed by atoms with van der Waals surface area (Å²) < 4.78 is 39.6. The van der Waals surface area contributed by atoms with E-state index in [2.05, 4.69) is 4.99 Å². The molecule has 0 fully saturated rings. The van der Waals surface area contributed by atoms with Gasteiger partial charge in [-0.1, -0.05) is 59.1 Å². The zero-order chi connectivity index (χ0) is 25.7. The number of aliphatic imine (C=N–C) groups is 1. The summed E-state index contributed by atoms with van der Waals surface area (Å²) in [7, 11) is -2.22. The third kappa shape index (κ3) is 6.23. The van der Waals surface area contributed by atoms with E-state index >= 15 is 0 Å². The summed E-state index contributed by atoms with van der Waals surface area (Å²) in [6.45, 7) is 4.21. The minimum atomic E-state index is -3.77. The maximum Gasteiger partial charge on any atom is 0.243 e. The normalized spacial score (nSPS) is 11.9. The molecule has 4 aromatic rings. The Hall–Kier alpha value is -3.39. The Bertz CT molecular complexity index is 1460. The van der Waals surface area contributed by atoms with Crippen molar-refractivity contribution in [2.45, 2.75) is 31.8 Å². The molecule has 0 radical (unpaired) electrons. The van der Waals surface area contributed by atoms with Crippen LogP contribution in [-0.2, 0) is 23.1 Å². The molecule has 1 heterocycles. The van der Waals surface area contributed by atoms with Crippen LogP contribution in [0.15, 0.2) is 93.2 Å². The Morgan fingerprint density at radius 1 is 0.917 bits per heavy atom. The summed E-state index contributed by atoms with van der Waals surface area (Å²) in [5.74, 6) is 1.58. The van der Waals surface area contributed by atoms with Gasteiger partial charge >= 0.3 is 0 Å². The number of furan rings is 1. The fraction of sp³-hybridized carbons (Fsp3) is 0.179. The number of nitrogens with zero attached hydrogens (tertiary/aromatic N) is 2. The second-order valence-electron chi connectivity index (χ2n) is 8.45. The van der Waals surface area contributed by atoms with E-state index in [1.807, 2.05) is 38.1 Å². The van der Waals surface area contributed by atoms with Crippen LogP contribution in [0, 0.1) is 13.8 Å². The number of hydrogen-bond donors (Lipinski definition) is 0. The summed E-state index contributed by atoms with van der Waals surface area (Å²) in [6, 6.07) is 23.4. The smallest absolute Gasteiger partial charge is 0.243 e. The molecule has 0 N–H and O–H groups in total. The standard InChI is InChI=1S/C28H27ClN2O4S/c1-20-4-8-22(9-5-20)18-31(36(32,33)26-13-6-21(2)7-14-26)19-25-12-11-24(35-25)17-30-23-10-15-28(34-3)27(29)16-23/h4-17H,18-19H2,1-3H3. The molecule has 36 heavy (non-hydrogen) atoms. The molecule has 0 bridgehead atoms. The summed E-state index contributed by atoms with van der Waals surface area (Å²) in [4.78, 5) is 4.64. The summed E-state index contributed by atoms with van der Waals surface area (Å²) >= 11 is 6.16. The van der Waals surface area contributed by atoms with Crippen molar-refractivity contribution < 1.29 is 17.6 Å². The van der Waals surface area contributed by atoms with Crippen molar-refractivity contribution in [3.05, 3.63) is 112 Å². The lowest BCUT2D eigenvalue weighted by Crippen LogP contribution is -2.30. The van der Waals surface area contributed by atoms with E-state index in [9.17, 15) is 8.42 Å². The van der Waals surface area contributed by atoms with Gasteiger partial charge in [0.15, 0.2) is 0 Å². The highest BCUT2D eigenvalue weighted by molar-refractivity contribution is 7.89. The van der Waals surface area contributed by atoms with Crippen LogP contribution in [0.2, 0.25) is 5.02 Å². The van der Waals surface area contributed by atoms with Gasteiger partial charge in [-0.05, 0) is 61.9 Å². The predicted molar refractivity (Wildman–Crippen MR) is 143 cm³/mol. The van der Waals surface area contributed by atoms with E-state index in [0.717, 1.165) is 16.7 Å². The molecule has 0 aliphatic carbocycles. The molecule has 0 spiro atoms. The van der Waals surface area contributed by atoms with E-state index in [-0.39, 0.29) is 18.0 Å². The molecule has 0 unspecified atom stereocenters. The quantitative estimate of drug-likeness (QED) is 0.229. The van der Waals surface area contributed by atoms with Gasteiger partial charge < -0.3 is 9.15 Å². The molecule has 3 aromatic carbocycles. The number of halogens is 1. The van der Waals surface area contributed by atoms with Gasteiger partial charge in [0, 0.05) is 6.54 Å². The topological polar surface area (TPSA) is 72.1 Å². The molecule has 0 saturated heterocycles. The van der Waals surface area contributed by atoms with E-state index in [4.69, 9.17) is 20.8 Å². The number of rotatable bonds is 9. The van der Waals surface area contributed by atoms with Crippen molar-refractivity contribution in [1.82, 2.24) is 4.31 Å². The fourth-order valence-corrected chi connectivity index (χ4v) is 5.23. The first-order valence-corrected chi connectivity index (χ1v) is 13.1. The van der Waals surface area contributed by atoms with Gasteiger partial charge in [-0.15, -0.1) is 0 Å². The van der Waals surface area contributed by atoms with Crippen molar-refractivity contribution in [2.24, 2.45) is 4.99 Å². The first kappa shape index (κ1) is 25.7. The second-order valence-corrected chi connectivity index (χ2v) is 10.8. The Morgan fingerprint density at radius 2 is 1.58 bits per heavy atom. The van der Waals surface area contributed by atoms with Crippen LogP contribution in [0.5, 0.6) is 5.75 Å². The maximum atomic E-state index is 13.6. The summed E-state index contributed by atoms with van der Waals surface area (Å²) in [5.41, 5.74) is 3.63. The molecule has 6 nitrogen and oxygen atoms in total. The van der Waals surface area contributed by atoms with Gasteiger partial charge in [0.05, 0.1) is 35.5 Å². The zero-order valence-corrected chi connectivity index (χ0v) is 21.9. The van der Waals surface area contributed by atoms with Crippen LogP contribution in [0.3, 0.4) is 0 Å². The lowest BCUT2D eigenvalue weighted by atomic mass is 10.1. The lowest BCUT2D eigenvalue weighted by Gasteiger charge is -2.21. The number of methoxy groups -OCH3 is 1. The molecular formula is C28H27ClN2O4S. The molecule has 8 heteroatoms. The van der Waals surface area contributed by atoms with Crippen molar-refractivity contribution in [3.63, 3.8) is 0 Å². The van der Waals surface area contributed by atoms with Crippen molar-refractivity contribution in [1.29, 1.82) is 0 Å². The Kier molecular flexibility index (Phi) is 7.94. The molecule has 0 atom stereocenters. The van der Waals surface area contributed by atoms with E-state index < -0.39 is 10.0 Å². The summed E-state index contributed by atoms with van der Waals surface area (Å²) in [6.07, 6.45) is 1.57. The Labute approximate surface area is 216 Å². The van der Waals surface area contributed by atoms with Gasteiger partial charge in [0.25, 0.3) is 0 Å². The Morgan fingerprint density at radius 3 is 2.22 bits per heavy atom. The van der Waals surface area contributed by atoms with Crippen LogP contribution in [0.25, 0.3) is 0 Å². The average molecular weight is 523 g/mol. The molecule has 0 aliphatic rings. The fourth-order valence-electron chi connectivity index (χ4n) is 3.58. The van der Waals surface area contributed by atoms with E-state index in [1.54, 1.807) is 67.9 Å². The number of sulfonamides is 1. The first-order chi connectivity index (χ1) is 17.2. The average Bonchev–Trinajstić information content (AvgIpc) is 3.31. The third-order valence-electron chi connectivity index (χ3n) is 5.63. The number of hydrogen-bond acceptors (Lipinski definition) is 5. The van der Waals surface area contributed by atoms with E-state index in [1.165, 1.54) is 4.31 Å². The van der Waals surface area contributed by atoms with Crippen LogP contribution >= 0.6 is 11.6 Å². The van der Waals surface area contributed by atoms with E-state index in [0.29, 0.717) is 28.0 Å². The maximum absolute atomic E-state index is 13.6. The predicted octanol–water partition coefficient (Wildman–Crippen LogP) is 6.70. The van der Waals surface area contributed by atoms with Gasteiger partial charge in [0.1, 0.15) is 17.3 Å². The highest BCUT2D eigenvalue weighted by atomic mass is 35.5. The van der Waals surface area contributed by atoms with Gasteiger partial charge in [-0.2, -0.15) is 4.31 Å². The first-order valence-electron chi connectivity index (χ1n) is 11.3. The lowest BCUT2D eigenvalue weighted by molar-refractivity contribution is 0.357. The monoisotopic (exact) mass is 522 g/mol. The molecular weight excluding hydrogens is 496 g/mol. The number of benzene rings is 3. The molecule has 186 valence electrons. The number of aryl methyl sites for hydroxylation is 2. The molecule has 0 saturated carbocycles. The SMILES string of the molecule is COc1ccc(N=Cc2ccc(CN(Cc3ccc(C)cc3)S(=O)(=O)c3ccc(C)cc3)o2)cc1Cl. The van der Waals surface area contributed by atoms with Gasteiger partial charge in [0.2, 0.25) is 10.0 Å². The van der Waals surface area contributed by atoms with Crippen molar-refractivity contribution in [2.75, 3.05) is 7.11 Å². The number of ether oxygens (including phenoxy) is 1. The van der Waals surface area contributed by atoms with Crippen molar-refractivity contribution in [3.8, 4) is 5.75 Å². The van der Waals surface area contributed by atoms with Crippen LogP contribution < -0.4 is 4.74 Å². The Balaban J connectivity index is 1.57. The second kappa shape index (κ2) is 11.1. The molecule has 0 amide bonds. The summed E-state index contributed by atoms with van der Waals surface area (Å²) in [5, 5.41) is 0.459. The molecule has 4 rings (SSSR count). The van der Waals surface area contributed by atoms with Crippen LogP contribution in [0.4, 0.5) is 5.69 Å². The van der Waals surface area contributed by atoms with Gasteiger partial charge in [-0.3, -0.25) is 4.99 Å². The van der Waals surface area contributed by atoms with Crippen LogP contribution in [0.1, 0.15) is 28.2 Å². The van der Waals surface area contributed by atoms with Crippen LogP contribution in [-0.4, -0.2) is 26.0 Å². The minimum Gasteiger partial charge on any atom is -0.495 e. The zero-order valence-electron chi connectivity index (χ0n) is 20.3. The van der Waals surface area contributed by atoms with Crippen molar-refractivity contribution >= 4 is 33.5 Å². The van der Waals surface area contributed by atoms with Gasteiger partial charge in [-0.25, -0.2) is 8.42 Å². The highest BCUT2D eigenvalue weighted by Gasteiger charge is 2.26. The highest BCUT2D eigenvalue weighted by Crippen LogP contribution is 2.29. The minimum absolute atomic E-state index is 0.0757. The molecule has 0 aliphatic heterocycles.